The first-order valence-electron chi connectivity index (χ1n) is 9.73. The van der Waals surface area contributed by atoms with E-state index >= 15 is 0 Å². The Morgan fingerprint density at radius 1 is 1.11 bits per heavy atom. The van der Waals surface area contributed by atoms with Gasteiger partial charge >= 0.3 is 11.9 Å². The molecular formula is C21H24ClNO5. The SMILES string of the molecule is COC(=O)c1cc(NC(=O)COC(=O)C23CC4CC(CC(C4)C2)C3)ccc1Cl. The number of hydrogen-bond acceptors (Lipinski definition) is 5. The second-order valence-corrected chi connectivity index (χ2v) is 8.92. The normalized spacial score (nSPS) is 30.0. The van der Waals surface area contributed by atoms with Crippen LogP contribution in [-0.4, -0.2) is 31.6 Å². The second-order valence-electron chi connectivity index (χ2n) is 8.51. The van der Waals surface area contributed by atoms with Crippen LogP contribution in [-0.2, 0) is 19.1 Å². The average molecular weight is 406 g/mol. The van der Waals surface area contributed by atoms with E-state index in [0.29, 0.717) is 23.4 Å². The predicted octanol–water partition coefficient (Wildman–Crippen LogP) is 3.82. The van der Waals surface area contributed by atoms with Gasteiger partial charge in [0.2, 0.25) is 0 Å². The fourth-order valence-corrected chi connectivity index (χ4v) is 5.91. The third-order valence-corrected chi connectivity index (χ3v) is 6.79. The van der Waals surface area contributed by atoms with Gasteiger partial charge in [-0.1, -0.05) is 11.6 Å². The number of nitrogens with one attached hydrogen (secondary N) is 1. The Kier molecular flexibility index (Phi) is 5.08. The lowest BCUT2D eigenvalue weighted by Gasteiger charge is -2.55. The number of ether oxygens (including phenoxy) is 2. The van der Waals surface area contributed by atoms with Crippen molar-refractivity contribution in [2.75, 3.05) is 19.0 Å². The van der Waals surface area contributed by atoms with Crippen LogP contribution >= 0.6 is 11.6 Å². The van der Waals surface area contributed by atoms with E-state index in [2.05, 4.69) is 10.1 Å². The van der Waals surface area contributed by atoms with E-state index in [9.17, 15) is 14.4 Å². The Bertz CT molecular complexity index is 786. The monoisotopic (exact) mass is 405 g/mol. The minimum absolute atomic E-state index is 0.160. The third kappa shape index (κ3) is 3.62. The first-order chi connectivity index (χ1) is 13.4. The summed E-state index contributed by atoms with van der Waals surface area (Å²) in [7, 11) is 1.26. The number of anilines is 1. The zero-order valence-electron chi connectivity index (χ0n) is 15.8. The summed E-state index contributed by atoms with van der Waals surface area (Å²) in [6.45, 7) is -0.337. The molecule has 5 rings (SSSR count). The number of carbonyl (C=O) groups is 3. The lowest BCUT2D eigenvalue weighted by molar-refractivity contribution is -0.172. The summed E-state index contributed by atoms with van der Waals surface area (Å²) >= 11 is 5.98. The first kappa shape index (κ1) is 19.2. The van der Waals surface area contributed by atoms with E-state index in [-0.39, 0.29) is 28.6 Å². The Hall–Kier alpha value is -2.08. The van der Waals surface area contributed by atoms with Gasteiger partial charge in [-0.25, -0.2) is 4.79 Å². The first-order valence-corrected chi connectivity index (χ1v) is 10.1. The number of hydrogen-bond donors (Lipinski definition) is 1. The molecule has 4 aliphatic rings. The largest absolute Gasteiger partial charge is 0.465 e. The van der Waals surface area contributed by atoms with E-state index in [4.69, 9.17) is 16.3 Å². The fraction of sp³-hybridized carbons (Fsp3) is 0.571. The molecule has 4 aliphatic carbocycles. The number of methoxy groups -OCH3 is 1. The molecule has 0 heterocycles. The highest BCUT2D eigenvalue weighted by Gasteiger charge is 2.55. The zero-order valence-corrected chi connectivity index (χ0v) is 16.6. The van der Waals surface area contributed by atoms with Crippen molar-refractivity contribution in [2.24, 2.45) is 23.2 Å². The quantitative estimate of drug-likeness (QED) is 0.753. The van der Waals surface area contributed by atoms with E-state index in [1.165, 1.54) is 38.5 Å². The highest BCUT2D eigenvalue weighted by molar-refractivity contribution is 6.33. The Morgan fingerprint density at radius 2 is 1.71 bits per heavy atom. The maximum absolute atomic E-state index is 12.8. The van der Waals surface area contributed by atoms with Crippen LogP contribution in [0.25, 0.3) is 0 Å². The van der Waals surface area contributed by atoms with E-state index in [0.717, 1.165) is 19.3 Å². The summed E-state index contributed by atoms with van der Waals surface area (Å²) in [5.74, 6) is 0.647. The minimum atomic E-state index is -0.589. The lowest BCUT2D eigenvalue weighted by Crippen LogP contribution is -2.50. The van der Waals surface area contributed by atoms with Gasteiger partial charge < -0.3 is 14.8 Å². The van der Waals surface area contributed by atoms with Gasteiger partial charge in [0.05, 0.1) is 23.1 Å². The molecule has 0 saturated heterocycles. The molecule has 4 saturated carbocycles. The molecule has 1 aromatic rings. The summed E-state index contributed by atoms with van der Waals surface area (Å²) in [5, 5.41) is 2.87. The molecule has 28 heavy (non-hydrogen) atoms. The van der Waals surface area contributed by atoms with E-state index in [1.54, 1.807) is 6.07 Å². The summed E-state index contributed by atoms with van der Waals surface area (Å²) in [4.78, 5) is 36.7. The van der Waals surface area contributed by atoms with Gasteiger partial charge in [-0.3, -0.25) is 9.59 Å². The maximum Gasteiger partial charge on any atom is 0.339 e. The van der Waals surface area contributed by atoms with Crippen molar-refractivity contribution in [3.8, 4) is 0 Å². The Balaban J connectivity index is 1.35. The van der Waals surface area contributed by atoms with Crippen molar-refractivity contribution in [3.63, 3.8) is 0 Å². The zero-order chi connectivity index (χ0) is 19.9. The second kappa shape index (κ2) is 7.39. The molecule has 4 fully saturated rings. The molecule has 0 radical (unpaired) electrons. The summed E-state index contributed by atoms with van der Waals surface area (Å²) in [5.41, 5.74) is 0.168. The van der Waals surface area contributed by atoms with Gasteiger partial charge in [-0.2, -0.15) is 0 Å². The lowest BCUT2D eigenvalue weighted by atomic mass is 9.49. The van der Waals surface area contributed by atoms with Gasteiger partial charge in [0, 0.05) is 5.69 Å². The summed E-state index contributed by atoms with van der Waals surface area (Å²) < 4.78 is 10.1. The average Bonchev–Trinajstić information content (AvgIpc) is 2.66. The smallest absolute Gasteiger partial charge is 0.339 e. The summed E-state index contributed by atoms with van der Waals surface area (Å²) in [6.07, 6.45) is 6.43. The summed E-state index contributed by atoms with van der Waals surface area (Å²) in [6, 6.07) is 4.52. The Morgan fingerprint density at radius 3 is 2.29 bits per heavy atom. The highest BCUT2D eigenvalue weighted by atomic mass is 35.5. The van der Waals surface area contributed by atoms with Gasteiger partial charge in [0.1, 0.15) is 0 Å². The van der Waals surface area contributed by atoms with Crippen LogP contribution in [0.4, 0.5) is 5.69 Å². The van der Waals surface area contributed by atoms with E-state index < -0.39 is 11.9 Å². The van der Waals surface area contributed by atoms with Crippen molar-refractivity contribution in [1.29, 1.82) is 0 Å². The molecule has 1 amide bonds. The van der Waals surface area contributed by atoms with Crippen LogP contribution in [0.2, 0.25) is 5.02 Å². The molecule has 0 unspecified atom stereocenters. The van der Waals surface area contributed by atoms with E-state index in [1.807, 2.05) is 0 Å². The number of benzene rings is 1. The number of rotatable bonds is 5. The molecule has 7 heteroatoms. The van der Waals surface area contributed by atoms with Crippen LogP contribution in [0.1, 0.15) is 48.9 Å². The van der Waals surface area contributed by atoms with Crippen molar-refractivity contribution < 1.29 is 23.9 Å². The molecule has 4 bridgehead atoms. The van der Waals surface area contributed by atoms with Crippen molar-refractivity contribution >= 4 is 35.1 Å². The molecule has 150 valence electrons. The number of amides is 1. The predicted molar refractivity (Wildman–Crippen MR) is 103 cm³/mol. The third-order valence-electron chi connectivity index (χ3n) is 6.46. The highest BCUT2D eigenvalue weighted by Crippen LogP contribution is 2.60. The van der Waals surface area contributed by atoms with Crippen LogP contribution in [0.3, 0.4) is 0 Å². The number of esters is 2. The van der Waals surface area contributed by atoms with Crippen LogP contribution in [0.5, 0.6) is 0 Å². The number of halogens is 1. The van der Waals surface area contributed by atoms with Gasteiger partial charge in [-0.15, -0.1) is 0 Å². The maximum atomic E-state index is 12.8. The molecule has 6 nitrogen and oxygen atoms in total. The van der Waals surface area contributed by atoms with Crippen LogP contribution in [0.15, 0.2) is 18.2 Å². The minimum Gasteiger partial charge on any atom is -0.465 e. The molecule has 0 spiro atoms. The molecular weight excluding hydrogens is 382 g/mol. The molecule has 1 aromatic carbocycles. The number of carbonyl (C=O) groups excluding carboxylic acids is 3. The molecule has 0 aromatic heterocycles. The van der Waals surface area contributed by atoms with Crippen molar-refractivity contribution in [2.45, 2.75) is 38.5 Å². The fourth-order valence-electron chi connectivity index (χ4n) is 5.71. The van der Waals surface area contributed by atoms with Crippen LogP contribution < -0.4 is 5.32 Å². The topological polar surface area (TPSA) is 81.7 Å². The van der Waals surface area contributed by atoms with Crippen molar-refractivity contribution in [3.05, 3.63) is 28.8 Å². The standard InChI is InChI=1S/C21H24ClNO5/c1-27-19(25)16-7-15(2-3-17(16)22)23-18(24)11-28-20(26)21-8-12-4-13(9-21)6-14(5-12)10-21/h2-3,7,12-14H,4-6,8-11H2,1H3,(H,23,24). The molecule has 1 N–H and O–H groups in total. The molecule has 0 aliphatic heterocycles. The van der Waals surface area contributed by atoms with Gasteiger partial charge in [-0.05, 0) is 74.5 Å². The Labute approximate surface area is 168 Å². The molecule has 0 atom stereocenters. The van der Waals surface area contributed by atoms with Crippen LogP contribution in [0, 0.1) is 23.2 Å². The van der Waals surface area contributed by atoms with Crippen molar-refractivity contribution in [1.82, 2.24) is 0 Å². The van der Waals surface area contributed by atoms with Gasteiger partial charge in [0.25, 0.3) is 5.91 Å². The van der Waals surface area contributed by atoms with Gasteiger partial charge in [0.15, 0.2) is 6.61 Å².